The lowest BCUT2D eigenvalue weighted by atomic mass is 10.0. The second-order valence-corrected chi connectivity index (χ2v) is 5.38. The number of rotatable bonds is 3. The van der Waals surface area contributed by atoms with Crippen LogP contribution in [0.4, 0.5) is 5.82 Å². The second kappa shape index (κ2) is 5.21. The number of hydrogen-bond acceptors (Lipinski definition) is 4. The van der Waals surface area contributed by atoms with Gasteiger partial charge in [0, 0.05) is 26.7 Å². The molecule has 1 saturated heterocycles. The third-order valence-corrected chi connectivity index (χ3v) is 3.89. The van der Waals surface area contributed by atoms with Crippen molar-refractivity contribution in [3.8, 4) is 0 Å². The van der Waals surface area contributed by atoms with E-state index in [-0.39, 0.29) is 0 Å². The quantitative estimate of drug-likeness (QED) is 0.883. The highest BCUT2D eigenvalue weighted by atomic mass is 16.4. The molecule has 1 aromatic heterocycles. The van der Waals surface area contributed by atoms with Gasteiger partial charge in [0.15, 0.2) is 0 Å². The molecular formula is C13H22N4O2. The fourth-order valence-corrected chi connectivity index (χ4v) is 2.93. The molecule has 6 nitrogen and oxygen atoms in total. The van der Waals surface area contributed by atoms with Crippen LogP contribution in [0.3, 0.4) is 0 Å². The van der Waals surface area contributed by atoms with Crippen LogP contribution >= 0.6 is 0 Å². The number of carboxylic acids is 1. The number of carbonyl (C=O) groups is 1. The molecule has 1 unspecified atom stereocenters. The topological polar surface area (TPSA) is 61.6 Å². The molecule has 0 bridgehead atoms. The molecule has 0 aromatic carbocycles. The molecule has 0 amide bonds. The number of hydrogen-bond donors (Lipinski definition) is 1. The average molecular weight is 266 g/mol. The molecule has 1 fully saturated rings. The number of likely N-dealkylation sites (N-methyl/N-ethyl adjacent to an activating group) is 2. The van der Waals surface area contributed by atoms with E-state index in [0.717, 1.165) is 25.9 Å². The van der Waals surface area contributed by atoms with Crippen molar-refractivity contribution in [1.82, 2.24) is 14.7 Å². The largest absolute Gasteiger partial charge is 0.477 e. The molecule has 106 valence electrons. The summed E-state index contributed by atoms with van der Waals surface area (Å²) in [4.78, 5) is 15.8. The standard InChI is InChI=1S/C13H22N4O2/c1-9-11(13(18)19)12(17(4)14-9)16(3)10-6-5-7-15(2)8-10/h10H,5-8H2,1-4H3,(H,18,19). The second-order valence-electron chi connectivity index (χ2n) is 5.38. The maximum absolute atomic E-state index is 11.4. The summed E-state index contributed by atoms with van der Waals surface area (Å²) >= 11 is 0. The molecule has 2 rings (SSSR count). The number of anilines is 1. The summed E-state index contributed by atoms with van der Waals surface area (Å²) in [6.45, 7) is 3.81. The Morgan fingerprint density at radius 1 is 1.47 bits per heavy atom. The Balaban J connectivity index is 2.32. The summed E-state index contributed by atoms with van der Waals surface area (Å²) in [6.07, 6.45) is 2.23. The van der Waals surface area contributed by atoms with Gasteiger partial charge < -0.3 is 14.9 Å². The van der Waals surface area contributed by atoms with Gasteiger partial charge in [0.1, 0.15) is 11.4 Å². The SMILES string of the molecule is Cc1nn(C)c(N(C)C2CCCN(C)C2)c1C(=O)O. The van der Waals surface area contributed by atoms with Crippen LogP contribution in [0.25, 0.3) is 0 Å². The van der Waals surface area contributed by atoms with Crippen LogP contribution in [0.15, 0.2) is 0 Å². The fraction of sp³-hybridized carbons (Fsp3) is 0.692. The van der Waals surface area contributed by atoms with E-state index in [0.29, 0.717) is 23.1 Å². The lowest BCUT2D eigenvalue weighted by Crippen LogP contribution is -2.46. The first kappa shape index (κ1) is 13.9. The lowest BCUT2D eigenvalue weighted by molar-refractivity contribution is 0.0696. The predicted octanol–water partition coefficient (Wildman–Crippen LogP) is 0.957. The van der Waals surface area contributed by atoms with Crippen LogP contribution in [0, 0.1) is 6.92 Å². The summed E-state index contributed by atoms with van der Waals surface area (Å²) in [5.74, 6) is -0.207. The van der Waals surface area contributed by atoms with Crippen molar-refractivity contribution in [3.05, 3.63) is 11.3 Å². The van der Waals surface area contributed by atoms with Crippen molar-refractivity contribution < 1.29 is 9.90 Å². The normalized spacial score (nSPS) is 20.5. The van der Waals surface area contributed by atoms with Gasteiger partial charge in [-0.05, 0) is 33.4 Å². The monoisotopic (exact) mass is 266 g/mol. The first-order valence-electron chi connectivity index (χ1n) is 6.60. The number of likely N-dealkylation sites (tertiary alicyclic amines) is 1. The minimum atomic E-state index is -0.906. The Bertz CT molecular complexity index is 483. The molecule has 6 heteroatoms. The summed E-state index contributed by atoms with van der Waals surface area (Å²) in [5.41, 5.74) is 0.888. The number of nitrogens with zero attached hydrogens (tertiary/aromatic N) is 4. The molecule has 19 heavy (non-hydrogen) atoms. The smallest absolute Gasteiger partial charge is 0.341 e. The minimum Gasteiger partial charge on any atom is -0.477 e. The van der Waals surface area contributed by atoms with Gasteiger partial charge in [0.25, 0.3) is 0 Å². The number of aromatic nitrogens is 2. The molecule has 1 N–H and O–H groups in total. The first-order valence-corrected chi connectivity index (χ1v) is 6.60. The summed E-state index contributed by atoms with van der Waals surface area (Å²) in [6, 6.07) is 0.339. The van der Waals surface area contributed by atoms with Crippen LogP contribution < -0.4 is 4.90 Å². The predicted molar refractivity (Wildman–Crippen MR) is 73.8 cm³/mol. The molecule has 2 heterocycles. The van der Waals surface area contributed by atoms with E-state index >= 15 is 0 Å². The number of piperidine rings is 1. The van der Waals surface area contributed by atoms with Crippen molar-refractivity contribution in [2.75, 3.05) is 32.1 Å². The van der Waals surface area contributed by atoms with Gasteiger partial charge in [-0.2, -0.15) is 5.10 Å². The molecule has 1 aliphatic heterocycles. The molecule has 0 spiro atoms. The molecule has 1 aliphatic rings. The van der Waals surface area contributed by atoms with Crippen LogP contribution in [-0.2, 0) is 7.05 Å². The molecule has 1 aromatic rings. The molecule has 0 radical (unpaired) electrons. The van der Waals surface area contributed by atoms with Crippen molar-refractivity contribution in [2.45, 2.75) is 25.8 Å². The van der Waals surface area contributed by atoms with E-state index in [1.54, 1.807) is 18.7 Å². The van der Waals surface area contributed by atoms with Gasteiger partial charge in [-0.1, -0.05) is 0 Å². The third-order valence-electron chi connectivity index (χ3n) is 3.89. The Labute approximate surface area is 113 Å². The van der Waals surface area contributed by atoms with E-state index < -0.39 is 5.97 Å². The van der Waals surface area contributed by atoms with Gasteiger partial charge in [0.05, 0.1) is 5.69 Å². The highest BCUT2D eigenvalue weighted by Gasteiger charge is 2.28. The van der Waals surface area contributed by atoms with Crippen molar-refractivity contribution in [1.29, 1.82) is 0 Å². The van der Waals surface area contributed by atoms with E-state index in [4.69, 9.17) is 0 Å². The summed E-state index contributed by atoms with van der Waals surface area (Å²) < 4.78 is 1.67. The van der Waals surface area contributed by atoms with E-state index in [1.807, 2.05) is 7.05 Å². The maximum Gasteiger partial charge on any atom is 0.341 e. The number of carboxylic acid groups (broad SMARTS) is 1. The van der Waals surface area contributed by atoms with E-state index in [1.165, 1.54) is 0 Å². The van der Waals surface area contributed by atoms with E-state index in [9.17, 15) is 9.90 Å². The molecule has 0 aliphatic carbocycles. The summed E-state index contributed by atoms with van der Waals surface area (Å²) in [5, 5.41) is 13.6. The number of aryl methyl sites for hydroxylation is 2. The molecular weight excluding hydrogens is 244 g/mol. The van der Waals surface area contributed by atoms with Gasteiger partial charge in [-0.3, -0.25) is 4.68 Å². The van der Waals surface area contributed by atoms with Crippen LogP contribution in [0.2, 0.25) is 0 Å². The van der Waals surface area contributed by atoms with Crippen LogP contribution in [0.5, 0.6) is 0 Å². The molecule has 0 saturated carbocycles. The molecule has 1 atom stereocenters. The Morgan fingerprint density at radius 2 is 2.16 bits per heavy atom. The van der Waals surface area contributed by atoms with Crippen molar-refractivity contribution in [3.63, 3.8) is 0 Å². The zero-order valence-electron chi connectivity index (χ0n) is 12.1. The van der Waals surface area contributed by atoms with Gasteiger partial charge in [0.2, 0.25) is 0 Å². The first-order chi connectivity index (χ1) is 8.91. The highest BCUT2D eigenvalue weighted by Crippen LogP contribution is 2.26. The Kier molecular flexibility index (Phi) is 3.80. The van der Waals surface area contributed by atoms with Gasteiger partial charge in [-0.25, -0.2) is 4.79 Å². The zero-order valence-corrected chi connectivity index (χ0v) is 12.1. The third kappa shape index (κ3) is 2.58. The average Bonchev–Trinajstić information content (AvgIpc) is 2.63. The van der Waals surface area contributed by atoms with E-state index in [2.05, 4.69) is 21.9 Å². The summed E-state index contributed by atoms with van der Waals surface area (Å²) in [7, 11) is 5.87. The van der Waals surface area contributed by atoms with Gasteiger partial charge >= 0.3 is 5.97 Å². The minimum absolute atomic E-state index is 0.318. The Morgan fingerprint density at radius 3 is 2.74 bits per heavy atom. The van der Waals surface area contributed by atoms with Crippen molar-refractivity contribution >= 4 is 11.8 Å². The zero-order chi connectivity index (χ0) is 14.2. The lowest BCUT2D eigenvalue weighted by Gasteiger charge is -2.37. The maximum atomic E-state index is 11.4. The number of aromatic carboxylic acids is 1. The fourth-order valence-electron chi connectivity index (χ4n) is 2.93. The van der Waals surface area contributed by atoms with Crippen molar-refractivity contribution in [2.24, 2.45) is 7.05 Å². The highest BCUT2D eigenvalue weighted by molar-refractivity contribution is 5.94. The van der Waals surface area contributed by atoms with Crippen LogP contribution in [-0.4, -0.2) is 59.0 Å². The van der Waals surface area contributed by atoms with Crippen LogP contribution in [0.1, 0.15) is 28.9 Å². The Hall–Kier alpha value is -1.56. The van der Waals surface area contributed by atoms with Gasteiger partial charge in [-0.15, -0.1) is 0 Å².